The smallest absolute Gasteiger partial charge is 0.166 e. The normalized spacial score (nSPS) is 11.0. The SMILES string of the molecule is Cc1ccc(OCCSc2nc3ccccc3[nH]2)cc1C. The van der Waals surface area contributed by atoms with Crippen molar-refractivity contribution in [3.8, 4) is 5.75 Å². The number of thioether (sulfide) groups is 1. The van der Waals surface area contributed by atoms with Crippen LogP contribution in [0.15, 0.2) is 47.6 Å². The molecule has 1 aromatic heterocycles. The van der Waals surface area contributed by atoms with E-state index in [-0.39, 0.29) is 0 Å². The van der Waals surface area contributed by atoms with Gasteiger partial charge in [0.05, 0.1) is 17.6 Å². The largest absolute Gasteiger partial charge is 0.493 e. The fourth-order valence-corrected chi connectivity index (χ4v) is 2.80. The molecule has 0 spiro atoms. The molecular formula is C17H18N2OS. The van der Waals surface area contributed by atoms with Crippen LogP contribution in [0.3, 0.4) is 0 Å². The Balaban J connectivity index is 1.52. The van der Waals surface area contributed by atoms with E-state index < -0.39 is 0 Å². The quantitative estimate of drug-likeness (QED) is 0.562. The molecule has 0 fully saturated rings. The summed E-state index contributed by atoms with van der Waals surface area (Å²) < 4.78 is 5.78. The van der Waals surface area contributed by atoms with Crippen LogP contribution in [-0.4, -0.2) is 22.3 Å². The number of rotatable bonds is 5. The molecule has 4 heteroatoms. The van der Waals surface area contributed by atoms with E-state index in [9.17, 15) is 0 Å². The highest BCUT2D eigenvalue weighted by Crippen LogP contribution is 2.20. The Morgan fingerprint density at radius 2 is 1.95 bits per heavy atom. The average Bonchev–Trinajstić information content (AvgIpc) is 2.90. The van der Waals surface area contributed by atoms with Gasteiger partial charge >= 0.3 is 0 Å². The minimum Gasteiger partial charge on any atom is -0.493 e. The zero-order valence-corrected chi connectivity index (χ0v) is 13.0. The van der Waals surface area contributed by atoms with Crippen LogP contribution < -0.4 is 4.74 Å². The molecule has 1 N–H and O–H groups in total. The first-order chi connectivity index (χ1) is 10.2. The number of nitrogens with zero attached hydrogens (tertiary/aromatic N) is 1. The van der Waals surface area contributed by atoms with E-state index in [0.29, 0.717) is 6.61 Å². The summed E-state index contributed by atoms with van der Waals surface area (Å²) in [5, 5.41) is 0.944. The van der Waals surface area contributed by atoms with Gasteiger partial charge in [0.1, 0.15) is 5.75 Å². The number of H-pyrrole nitrogens is 1. The Morgan fingerprint density at radius 3 is 2.76 bits per heavy atom. The lowest BCUT2D eigenvalue weighted by molar-refractivity contribution is 0.343. The number of ether oxygens (including phenoxy) is 1. The van der Waals surface area contributed by atoms with Crippen LogP contribution in [0.4, 0.5) is 0 Å². The van der Waals surface area contributed by atoms with Crippen molar-refractivity contribution < 1.29 is 4.74 Å². The third kappa shape index (κ3) is 3.39. The van der Waals surface area contributed by atoms with Gasteiger partial charge in [0.25, 0.3) is 0 Å². The first kappa shape index (κ1) is 14.0. The molecule has 0 amide bonds. The Labute approximate surface area is 128 Å². The first-order valence-electron chi connectivity index (χ1n) is 7.00. The molecule has 0 radical (unpaired) electrons. The number of hydrogen-bond donors (Lipinski definition) is 1. The summed E-state index contributed by atoms with van der Waals surface area (Å²) in [7, 11) is 0. The van der Waals surface area contributed by atoms with Gasteiger partial charge in [-0.25, -0.2) is 4.98 Å². The molecule has 2 aromatic carbocycles. The Bertz CT molecular complexity index is 718. The highest BCUT2D eigenvalue weighted by Gasteiger charge is 2.03. The highest BCUT2D eigenvalue weighted by atomic mass is 32.2. The average molecular weight is 298 g/mol. The van der Waals surface area contributed by atoms with Gasteiger partial charge < -0.3 is 9.72 Å². The fraction of sp³-hybridized carbons (Fsp3) is 0.235. The number of aromatic nitrogens is 2. The van der Waals surface area contributed by atoms with Crippen LogP contribution in [0.2, 0.25) is 0 Å². The predicted molar refractivity (Wildman–Crippen MR) is 88.2 cm³/mol. The zero-order chi connectivity index (χ0) is 14.7. The van der Waals surface area contributed by atoms with Gasteiger partial charge in [-0.05, 0) is 49.2 Å². The molecule has 0 saturated heterocycles. The molecule has 21 heavy (non-hydrogen) atoms. The number of fused-ring (bicyclic) bond motifs is 1. The summed E-state index contributed by atoms with van der Waals surface area (Å²) in [5.41, 5.74) is 4.64. The molecule has 0 bridgehead atoms. The second kappa shape index (κ2) is 6.22. The topological polar surface area (TPSA) is 37.9 Å². The molecule has 3 rings (SSSR count). The van der Waals surface area contributed by atoms with Crippen molar-refractivity contribution in [2.45, 2.75) is 19.0 Å². The van der Waals surface area contributed by atoms with Gasteiger partial charge in [0.15, 0.2) is 5.16 Å². The van der Waals surface area contributed by atoms with Crippen molar-refractivity contribution in [1.82, 2.24) is 9.97 Å². The van der Waals surface area contributed by atoms with Gasteiger partial charge in [0.2, 0.25) is 0 Å². The van der Waals surface area contributed by atoms with Crippen molar-refractivity contribution >= 4 is 22.8 Å². The van der Waals surface area contributed by atoms with Crippen LogP contribution in [-0.2, 0) is 0 Å². The van der Waals surface area contributed by atoms with Crippen LogP contribution in [0, 0.1) is 13.8 Å². The number of nitrogens with one attached hydrogen (secondary N) is 1. The van der Waals surface area contributed by atoms with Gasteiger partial charge in [-0.15, -0.1) is 0 Å². The van der Waals surface area contributed by atoms with Crippen LogP contribution in [0.1, 0.15) is 11.1 Å². The van der Waals surface area contributed by atoms with E-state index >= 15 is 0 Å². The lowest BCUT2D eigenvalue weighted by atomic mass is 10.1. The zero-order valence-electron chi connectivity index (χ0n) is 12.2. The molecule has 0 unspecified atom stereocenters. The highest BCUT2D eigenvalue weighted by molar-refractivity contribution is 7.99. The molecule has 0 saturated carbocycles. The Morgan fingerprint density at radius 1 is 1.10 bits per heavy atom. The van der Waals surface area contributed by atoms with Gasteiger partial charge in [0, 0.05) is 5.75 Å². The summed E-state index contributed by atoms with van der Waals surface area (Å²) in [6, 6.07) is 14.3. The number of para-hydroxylation sites is 2. The monoisotopic (exact) mass is 298 g/mol. The standard InChI is InChI=1S/C17H18N2OS/c1-12-7-8-14(11-13(12)2)20-9-10-21-17-18-15-5-3-4-6-16(15)19-17/h3-8,11H,9-10H2,1-2H3,(H,18,19). The number of hydrogen-bond acceptors (Lipinski definition) is 3. The number of benzene rings is 2. The van der Waals surface area contributed by atoms with Gasteiger partial charge in [-0.1, -0.05) is 30.0 Å². The van der Waals surface area contributed by atoms with Crippen molar-refractivity contribution in [3.63, 3.8) is 0 Å². The minimum atomic E-state index is 0.671. The first-order valence-corrected chi connectivity index (χ1v) is 7.98. The van der Waals surface area contributed by atoms with E-state index in [1.165, 1.54) is 11.1 Å². The predicted octanol–water partition coefficient (Wildman–Crippen LogP) is 4.35. The van der Waals surface area contributed by atoms with Crippen molar-refractivity contribution in [2.75, 3.05) is 12.4 Å². The van der Waals surface area contributed by atoms with Crippen LogP contribution >= 0.6 is 11.8 Å². The van der Waals surface area contributed by atoms with E-state index in [1.54, 1.807) is 11.8 Å². The van der Waals surface area contributed by atoms with Crippen LogP contribution in [0.5, 0.6) is 5.75 Å². The van der Waals surface area contributed by atoms with E-state index in [0.717, 1.165) is 27.7 Å². The molecule has 0 aliphatic rings. The Hall–Kier alpha value is -1.94. The number of imidazole rings is 1. The lowest BCUT2D eigenvalue weighted by Gasteiger charge is -2.07. The molecule has 1 heterocycles. The molecule has 3 nitrogen and oxygen atoms in total. The summed E-state index contributed by atoms with van der Waals surface area (Å²) in [6.45, 7) is 4.88. The fourth-order valence-electron chi connectivity index (χ4n) is 2.10. The maximum absolute atomic E-state index is 5.78. The number of aryl methyl sites for hydroxylation is 2. The molecule has 0 atom stereocenters. The summed E-state index contributed by atoms with van der Waals surface area (Å²) in [4.78, 5) is 7.84. The second-order valence-electron chi connectivity index (χ2n) is 5.00. The Kier molecular flexibility index (Phi) is 4.15. The maximum Gasteiger partial charge on any atom is 0.166 e. The van der Waals surface area contributed by atoms with Crippen molar-refractivity contribution in [2.24, 2.45) is 0 Å². The molecular weight excluding hydrogens is 280 g/mol. The van der Waals surface area contributed by atoms with Gasteiger partial charge in [-0.2, -0.15) is 0 Å². The van der Waals surface area contributed by atoms with Crippen molar-refractivity contribution in [1.29, 1.82) is 0 Å². The summed E-state index contributed by atoms with van der Waals surface area (Å²) in [5.74, 6) is 1.80. The third-order valence-electron chi connectivity index (χ3n) is 3.44. The third-order valence-corrected chi connectivity index (χ3v) is 4.27. The molecule has 0 aliphatic heterocycles. The molecule has 3 aromatic rings. The van der Waals surface area contributed by atoms with E-state index in [4.69, 9.17) is 4.74 Å². The minimum absolute atomic E-state index is 0.671. The van der Waals surface area contributed by atoms with E-state index in [2.05, 4.69) is 35.9 Å². The molecule has 0 aliphatic carbocycles. The molecule has 108 valence electrons. The number of aromatic amines is 1. The second-order valence-corrected chi connectivity index (χ2v) is 6.09. The summed E-state index contributed by atoms with van der Waals surface area (Å²) >= 11 is 1.68. The van der Waals surface area contributed by atoms with E-state index in [1.807, 2.05) is 30.3 Å². The van der Waals surface area contributed by atoms with Crippen LogP contribution in [0.25, 0.3) is 11.0 Å². The van der Waals surface area contributed by atoms with Gasteiger partial charge in [-0.3, -0.25) is 0 Å². The maximum atomic E-state index is 5.78. The summed E-state index contributed by atoms with van der Waals surface area (Å²) in [6.07, 6.45) is 0. The lowest BCUT2D eigenvalue weighted by Crippen LogP contribution is -2.00. The van der Waals surface area contributed by atoms with Crippen molar-refractivity contribution in [3.05, 3.63) is 53.6 Å².